The van der Waals surface area contributed by atoms with Crippen LogP contribution in [0.5, 0.6) is 0 Å². The molecule has 54 valence electrons. The Morgan fingerprint density at radius 2 is 1.89 bits per heavy atom. The maximum absolute atomic E-state index is 3.76. The lowest BCUT2D eigenvalue weighted by Crippen LogP contribution is -1.77. The van der Waals surface area contributed by atoms with E-state index in [-0.39, 0.29) is 0 Å². The first-order valence-electron chi connectivity index (χ1n) is 3.16. The van der Waals surface area contributed by atoms with Gasteiger partial charge in [-0.25, -0.2) is 0 Å². The van der Waals surface area contributed by atoms with E-state index in [4.69, 9.17) is 0 Å². The van der Waals surface area contributed by atoms with Crippen LogP contribution in [-0.4, -0.2) is 5.33 Å². The Hall–Kier alpha value is 0.700. The van der Waals surface area contributed by atoms with Crippen LogP contribution in [0.1, 0.15) is 25.7 Å². The van der Waals surface area contributed by atoms with Crippen molar-refractivity contribution >= 4 is 31.9 Å². The van der Waals surface area contributed by atoms with E-state index >= 15 is 0 Å². The first-order valence-corrected chi connectivity index (χ1v) is 5.08. The van der Waals surface area contributed by atoms with Gasteiger partial charge < -0.3 is 0 Å². The van der Waals surface area contributed by atoms with E-state index < -0.39 is 0 Å². The summed E-state index contributed by atoms with van der Waals surface area (Å²) in [6.07, 6.45) is 4.96. The standard InChI is InChI=1S/C7H12Br2/c1-7(9)5-3-2-4-6-8/h1-6H2. The molecule has 0 aliphatic rings. The summed E-state index contributed by atoms with van der Waals surface area (Å²) >= 11 is 6.70. The van der Waals surface area contributed by atoms with Crippen molar-refractivity contribution < 1.29 is 0 Å². The van der Waals surface area contributed by atoms with E-state index in [1.807, 2.05) is 0 Å². The van der Waals surface area contributed by atoms with Gasteiger partial charge in [-0.2, -0.15) is 0 Å². The highest BCUT2D eigenvalue weighted by atomic mass is 79.9. The van der Waals surface area contributed by atoms with E-state index in [0.717, 1.165) is 16.2 Å². The molecule has 0 heterocycles. The Kier molecular flexibility index (Phi) is 7.34. The average Bonchev–Trinajstić information content (AvgIpc) is 1.80. The van der Waals surface area contributed by atoms with E-state index in [9.17, 15) is 0 Å². The van der Waals surface area contributed by atoms with Crippen LogP contribution in [0.3, 0.4) is 0 Å². The molecule has 0 atom stereocenters. The van der Waals surface area contributed by atoms with Crippen LogP contribution in [-0.2, 0) is 0 Å². The topological polar surface area (TPSA) is 0 Å². The zero-order valence-electron chi connectivity index (χ0n) is 5.50. The maximum Gasteiger partial charge on any atom is 0.00313 e. The van der Waals surface area contributed by atoms with E-state index in [2.05, 4.69) is 38.4 Å². The fourth-order valence-electron chi connectivity index (χ4n) is 0.588. The SMILES string of the molecule is C=C(Br)CCCCCBr. The summed E-state index contributed by atoms with van der Waals surface area (Å²) in [5.74, 6) is 0. The molecule has 0 N–H and O–H groups in total. The summed E-state index contributed by atoms with van der Waals surface area (Å²) in [7, 11) is 0. The molecule has 0 radical (unpaired) electrons. The molecule has 0 fully saturated rings. The van der Waals surface area contributed by atoms with Crippen molar-refractivity contribution in [3.8, 4) is 0 Å². The van der Waals surface area contributed by atoms with Crippen LogP contribution in [0.4, 0.5) is 0 Å². The van der Waals surface area contributed by atoms with Crippen LogP contribution in [0.25, 0.3) is 0 Å². The molecule has 0 aromatic carbocycles. The highest BCUT2D eigenvalue weighted by molar-refractivity contribution is 9.11. The molecule has 0 saturated carbocycles. The van der Waals surface area contributed by atoms with Gasteiger partial charge in [0, 0.05) is 5.33 Å². The van der Waals surface area contributed by atoms with Crippen molar-refractivity contribution in [1.29, 1.82) is 0 Å². The van der Waals surface area contributed by atoms with Crippen LogP contribution in [0.15, 0.2) is 11.1 Å². The van der Waals surface area contributed by atoms with E-state index in [0.29, 0.717) is 0 Å². The van der Waals surface area contributed by atoms with Gasteiger partial charge in [-0.1, -0.05) is 44.9 Å². The van der Waals surface area contributed by atoms with Gasteiger partial charge in [-0.3, -0.25) is 0 Å². The molecule has 2 heteroatoms. The largest absolute Gasteiger partial charge is 0.0928 e. The summed E-state index contributed by atoms with van der Waals surface area (Å²) in [6, 6.07) is 0. The van der Waals surface area contributed by atoms with Gasteiger partial charge >= 0.3 is 0 Å². The smallest absolute Gasteiger partial charge is 0.00313 e. The predicted molar refractivity (Wildman–Crippen MR) is 50.3 cm³/mol. The van der Waals surface area contributed by atoms with Gasteiger partial charge in [0.15, 0.2) is 0 Å². The first kappa shape index (κ1) is 9.70. The quantitative estimate of drug-likeness (QED) is 0.517. The Bertz CT molecular complexity index is 79.0. The number of rotatable bonds is 5. The number of alkyl halides is 1. The lowest BCUT2D eigenvalue weighted by atomic mass is 10.2. The third kappa shape index (κ3) is 8.70. The minimum Gasteiger partial charge on any atom is -0.0928 e. The van der Waals surface area contributed by atoms with Crippen molar-refractivity contribution in [3.63, 3.8) is 0 Å². The van der Waals surface area contributed by atoms with Crippen molar-refractivity contribution in [2.75, 3.05) is 5.33 Å². The minimum atomic E-state index is 1.12. The van der Waals surface area contributed by atoms with Gasteiger partial charge in [0.2, 0.25) is 0 Å². The summed E-state index contributed by atoms with van der Waals surface area (Å²) in [5.41, 5.74) is 0. The van der Waals surface area contributed by atoms with E-state index in [1.54, 1.807) is 0 Å². The van der Waals surface area contributed by atoms with Crippen LogP contribution < -0.4 is 0 Å². The fraction of sp³-hybridized carbons (Fsp3) is 0.714. The monoisotopic (exact) mass is 254 g/mol. The third-order valence-electron chi connectivity index (χ3n) is 1.08. The molecule has 0 saturated heterocycles. The number of allylic oxidation sites excluding steroid dienone is 1. The molecule has 0 rings (SSSR count). The highest BCUT2D eigenvalue weighted by Gasteiger charge is 1.88. The minimum absolute atomic E-state index is 1.12. The second-order valence-electron chi connectivity index (χ2n) is 2.02. The van der Waals surface area contributed by atoms with Gasteiger partial charge in [0.05, 0.1) is 0 Å². The Labute approximate surface area is 74.0 Å². The van der Waals surface area contributed by atoms with Crippen molar-refractivity contribution in [3.05, 3.63) is 11.1 Å². The zero-order chi connectivity index (χ0) is 7.11. The van der Waals surface area contributed by atoms with Gasteiger partial charge in [0.25, 0.3) is 0 Å². The Balaban J connectivity index is 2.83. The number of unbranched alkanes of at least 4 members (excludes halogenated alkanes) is 2. The first-order chi connectivity index (χ1) is 4.27. The summed E-state index contributed by atoms with van der Waals surface area (Å²) < 4.78 is 1.12. The van der Waals surface area contributed by atoms with E-state index in [1.165, 1.54) is 19.3 Å². The van der Waals surface area contributed by atoms with Crippen LogP contribution in [0.2, 0.25) is 0 Å². The Morgan fingerprint density at radius 1 is 1.22 bits per heavy atom. The molecular weight excluding hydrogens is 244 g/mol. The van der Waals surface area contributed by atoms with Gasteiger partial charge in [-0.15, -0.1) is 0 Å². The number of hydrogen-bond acceptors (Lipinski definition) is 0. The lowest BCUT2D eigenvalue weighted by molar-refractivity contribution is 0.735. The highest BCUT2D eigenvalue weighted by Crippen LogP contribution is 2.12. The molecule has 0 bridgehead atoms. The molecule has 9 heavy (non-hydrogen) atoms. The zero-order valence-corrected chi connectivity index (χ0v) is 8.67. The summed E-state index contributed by atoms with van der Waals surface area (Å²) in [5, 5.41) is 1.13. The molecule has 0 aliphatic heterocycles. The fourth-order valence-corrected chi connectivity index (χ4v) is 1.26. The van der Waals surface area contributed by atoms with Crippen molar-refractivity contribution in [1.82, 2.24) is 0 Å². The molecular formula is C7H12Br2. The van der Waals surface area contributed by atoms with Crippen LogP contribution in [0, 0.1) is 0 Å². The third-order valence-corrected chi connectivity index (χ3v) is 2.04. The van der Waals surface area contributed by atoms with Gasteiger partial charge in [-0.05, 0) is 23.7 Å². The predicted octanol–water partition coefficient (Wildman–Crippen LogP) is 3.85. The molecule has 0 aromatic rings. The summed E-state index contributed by atoms with van der Waals surface area (Å²) in [4.78, 5) is 0. The molecule has 0 aromatic heterocycles. The molecule has 0 unspecified atom stereocenters. The summed E-state index contributed by atoms with van der Waals surface area (Å²) in [6.45, 7) is 3.76. The molecule has 0 spiro atoms. The molecule has 0 amide bonds. The van der Waals surface area contributed by atoms with Crippen LogP contribution >= 0.6 is 31.9 Å². The van der Waals surface area contributed by atoms with Crippen molar-refractivity contribution in [2.24, 2.45) is 0 Å². The maximum atomic E-state index is 3.76. The number of halogens is 2. The molecule has 0 aliphatic carbocycles. The Morgan fingerprint density at radius 3 is 2.33 bits per heavy atom. The average molecular weight is 256 g/mol. The lowest BCUT2D eigenvalue weighted by Gasteiger charge is -1.95. The second kappa shape index (κ2) is 6.81. The van der Waals surface area contributed by atoms with Gasteiger partial charge in [0.1, 0.15) is 0 Å². The normalized spacial score (nSPS) is 9.56. The van der Waals surface area contributed by atoms with Crippen molar-refractivity contribution in [2.45, 2.75) is 25.7 Å². The second-order valence-corrected chi connectivity index (χ2v) is 3.93. The number of hydrogen-bond donors (Lipinski definition) is 0. The molecule has 0 nitrogen and oxygen atoms in total.